The van der Waals surface area contributed by atoms with Crippen LogP contribution in [0.5, 0.6) is 0 Å². The number of hydrogen-bond acceptors (Lipinski definition) is 2. The van der Waals surface area contributed by atoms with Crippen molar-refractivity contribution in [2.45, 2.75) is 38.6 Å². The molecule has 1 atom stereocenters. The fraction of sp³-hybridized carbons (Fsp3) is 0.600. The molecule has 0 aromatic heterocycles. The lowest BCUT2D eigenvalue weighted by Crippen LogP contribution is -2.45. The van der Waals surface area contributed by atoms with Crippen LogP contribution in [0.2, 0.25) is 0 Å². The van der Waals surface area contributed by atoms with Crippen LogP contribution in [0.25, 0.3) is 0 Å². The van der Waals surface area contributed by atoms with E-state index in [9.17, 15) is 0 Å². The van der Waals surface area contributed by atoms with Crippen molar-refractivity contribution < 1.29 is 4.74 Å². The van der Waals surface area contributed by atoms with Crippen molar-refractivity contribution in [3.8, 4) is 0 Å². The molecule has 17 heavy (non-hydrogen) atoms. The molecular formula is C15H25NO. The molecule has 96 valence electrons. The van der Waals surface area contributed by atoms with Crippen molar-refractivity contribution in [1.82, 2.24) is 5.32 Å². The summed E-state index contributed by atoms with van der Waals surface area (Å²) in [4.78, 5) is 0. The third-order valence-corrected chi connectivity index (χ3v) is 3.45. The van der Waals surface area contributed by atoms with E-state index in [0.717, 1.165) is 19.6 Å². The fourth-order valence-electron chi connectivity index (χ4n) is 2.27. The molecule has 0 heterocycles. The summed E-state index contributed by atoms with van der Waals surface area (Å²) in [6.45, 7) is 8.54. The van der Waals surface area contributed by atoms with E-state index < -0.39 is 0 Å². The molecule has 0 saturated heterocycles. The van der Waals surface area contributed by atoms with Gasteiger partial charge in [0, 0.05) is 25.2 Å². The zero-order chi connectivity index (χ0) is 12.7. The van der Waals surface area contributed by atoms with Crippen LogP contribution in [-0.2, 0) is 10.2 Å². The molecular weight excluding hydrogens is 210 g/mol. The number of methoxy groups -OCH3 is 1. The minimum absolute atomic E-state index is 0.121. The van der Waals surface area contributed by atoms with E-state index in [2.05, 4.69) is 56.4 Å². The van der Waals surface area contributed by atoms with Gasteiger partial charge < -0.3 is 10.1 Å². The Balaban J connectivity index is 2.83. The molecule has 0 bridgehead atoms. The molecule has 1 rings (SSSR count). The van der Waals surface area contributed by atoms with Crippen LogP contribution in [0, 0.1) is 0 Å². The molecule has 0 saturated carbocycles. The lowest BCUT2D eigenvalue weighted by atomic mass is 9.76. The van der Waals surface area contributed by atoms with Crippen molar-refractivity contribution in [3.05, 3.63) is 35.9 Å². The van der Waals surface area contributed by atoms with Gasteiger partial charge in [0.05, 0.1) is 0 Å². The normalized spacial score (nSPS) is 13.6. The number of rotatable bonds is 7. The van der Waals surface area contributed by atoms with Gasteiger partial charge >= 0.3 is 0 Å². The van der Waals surface area contributed by atoms with Gasteiger partial charge in [0.15, 0.2) is 0 Å². The SMILES string of the molecule is CCNC(CCOC)C(C)(C)c1ccccc1. The summed E-state index contributed by atoms with van der Waals surface area (Å²) in [5, 5.41) is 3.58. The lowest BCUT2D eigenvalue weighted by molar-refractivity contribution is 0.167. The second kappa shape index (κ2) is 6.77. The standard InChI is InChI=1S/C15H25NO/c1-5-16-14(11-12-17-4)15(2,3)13-9-7-6-8-10-13/h6-10,14,16H,5,11-12H2,1-4H3. The number of benzene rings is 1. The van der Waals surface area contributed by atoms with E-state index in [-0.39, 0.29) is 5.41 Å². The van der Waals surface area contributed by atoms with E-state index in [4.69, 9.17) is 4.74 Å². The smallest absolute Gasteiger partial charge is 0.0477 e. The van der Waals surface area contributed by atoms with E-state index in [1.165, 1.54) is 5.56 Å². The molecule has 0 aliphatic carbocycles. The van der Waals surface area contributed by atoms with Gasteiger partial charge in [-0.3, -0.25) is 0 Å². The van der Waals surface area contributed by atoms with Crippen LogP contribution >= 0.6 is 0 Å². The van der Waals surface area contributed by atoms with E-state index in [1.807, 2.05) is 0 Å². The highest BCUT2D eigenvalue weighted by Gasteiger charge is 2.30. The second-order valence-corrected chi connectivity index (χ2v) is 4.98. The van der Waals surface area contributed by atoms with Crippen LogP contribution in [0.4, 0.5) is 0 Å². The highest BCUT2D eigenvalue weighted by atomic mass is 16.5. The van der Waals surface area contributed by atoms with Crippen LogP contribution < -0.4 is 5.32 Å². The molecule has 1 aromatic carbocycles. The zero-order valence-corrected chi connectivity index (χ0v) is 11.5. The Morgan fingerprint density at radius 1 is 1.24 bits per heavy atom. The largest absolute Gasteiger partial charge is 0.385 e. The highest BCUT2D eigenvalue weighted by molar-refractivity contribution is 5.25. The summed E-state index contributed by atoms with van der Waals surface area (Å²) in [5.74, 6) is 0. The van der Waals surface area contributed by atoms with Crippen molar-refractivity contribution >= 4 is 0 Å². The Morgan fingerprint density at radius 2 is 1.88 bits per heavy atom. The Hall–Kier alpha value is -0.860. The Kier molecular flexibility index (Phi) is 5.66. The maximum absolute atomic E-state index is 5.21. The molecule has 0 aliphatic rings. The fourth-order valence-corrected chi connectivity index (χ4v) is 2.27. The average Bonchev–Trinajstić information content (AvgIpc) is 2.35. The van der Waals surface area contributed by atoms with Gasteiger partial charge in [0.25, 0.3) is 0 Å². The van der Waals surface area contributed by atoms with Gasteiger partial charge in [-0.25, -0.2) is 0 Å². The lowest BCUT2D eigenvalue weighted by Gasteiger charge is -2.35. The number of hydrogen-bond donors (Lipinski definition) is 1. The van der Waals surface area contributed by atoms with E-state index in [0.29, 0.717) is 6.04 Å². The van der Waals surface area contributed by atoms with Crippen molar-refractivity contribution in [2.24, 2.45) is 0 Å². The topological polar surface area (TPSA) is 21.3 Å². The van der Waals surface area contributed by atoms with Crippen molar-refractivity contribution in [1.29, 1.82) is 0 Å². The highest BCUT2D eigenvalue weighted by Crippen LogP contribution is 2.28. The molecule has 0 spiro atoms. The molecule has 2 heteroatoms. The number of ether oxygens (including phenoxy) is 1. The first kappa shape index (κ1) is 14.2. The summed E-state index contributed by atoms with van der Waals surface area (Å²) < 4.78 is 5.21. The Labute approximate surface area is 105 Å². The average molecular weight is 235 g/mol. The van der Waals surface area contributed by atoms with Gasteiger partial charge in [-0.1, -0.05) is 51.1 Å². The van der Waals surface area contributed by atoms with Gasteiger partial charge in [-0.15, -0.1) is 0 Å². The van der Waals surface area contributed by atoms with Crippen LogP contribution in [-0.4, -0.2) is 26.3 Å². The monoisotopic (exact) mass is 235 g/mol. The molecule has 0 radical (unpaired) electrons. The number of likely N-dealkylation sites (N-methyl/N-ethyl adjacent to an activating group) is 1. The predicted molar refractivity (Wildman–Crippen MR) is 73.4 cm³/mol. The quantitative estimate of drug-likeness (QED) is 0.784. The van der Waals surface area contributed by atoms with Crippen molar-refractivity contribution in [3.63, 3.8) is 0 Å². The maximum Gasteiger partial charge on any atom is 0.0477 e. The first-order valence-electron chi connectivity index (χ1n) is 6.40. The molecule has 1 unspecified atom stereocenters. The molecule has 1 N–H and O–H groups in total. The Bertz CT molecular complexity index is 308. The van der Waals surface area contributed by atoms with Crippen LogP contribution in [0.1, 0.15) is 32.8 Å². The first-order valence-corrected chi connectivity index (χ1v) is 6.40. The van der Waals surface area contributed by atoms with E-state index in [1.54, 1.807) is 7.11 Å². The molecule has 2 nitrogen and oxygen atoms in total. The minimum Gasteiger partial charge on any atom is -0.385 e. The molecule has 0 aliphatic heterocycles. The van der Waals surface area contributed by atoms with Crippen molar-refractivity contribution in [2.75, 3.05) is 20.3 Å². The minimum atomic E-state index is 0.121. The van der Waals surface area contributed by atoms with E-state index >= 15 is 0 Å². The van der Waals surface area contributed by atoms with Gasteiger partial charge in [0.2, 0.25) is 0 Å². The predicted octanol–water partition coefficient (Wildman–Crippen LogP) is 2.98. The first-order chi connectivity index (χ1) is 8.12. The summed E-state index contributed by atoms with van der Waals surface area (Å²) in [6, 6.07) is 11.1. The summed E-state index contributed by atoms with van der Waals surface area (Å²) in [5.41, 5.74) is 1.50. The van der Waals surface area contributed by atoms with Gasteiger partial charge in [-0.05, 0) is 18.5 Å². The van der Waals surface area contributed by atoms with Gasteiger partial charge in [0.1, 0.15) is 0 Å². The molecule has 0 fully saturated rings. The third-order valence-electron chi connectivity index (χ3n) is 3.45. The van der Waals surface area contributed by atoms with Crippen LogP contribution in [0.15, 0.2) is 30.3 Å². The zero-order valence-electron chi connectivity index (χ0n) is 11.5. The maximum atomic E-state index is 5.21. The second-order valence-electron chi connectivity index (χ2n) is 4.98. The van der Waals surface area contributed by atoms with Crippen LogP contribution in [0.3, 0.4) is 0 Å². The summed E-state index contributed by atoms with van der Waals surface area (Å²) in [7, 11) is 1.76. The Morgan fingerprint density at radius 3 is 2.41 bits per heavy atom. The third kappa shape index (κ3) is 3.83. The molecule has 1 aromatic rings. The molecule has 0 amide bonds. The summed E-state index contributed by atoms with van der Waals surface area (Å²) in [6.07, 6.45) is 1.03. The number of nitrogens with one attached hydrogen (secondary N) is 1. The summed E-state index contributed by atoms with van der Waals surface area (Å²) >= 11 is 0. The van der Waals surface area contributed by atoms with Gasteiger partial charge in [-0.2, -0.15) is 0 Å².